The Bertz CT molecular complexity index is 259. The number of amides is 1. The first-order chi connectivity index (χ1) is 7.99. The highest BCUT2D eigenvalue weighted by molar-refractivity contribution is 7.80. The minimum atomic E-state index is -0.750. The van der Waals surface area contributed by atoms with Crippen molar-refractivity contribution < 1.29 is 9.90 Å². The second kappa shape index (κ2) is 7.61. The highest BCUT2D eigenvalue weighted by Gasteiger charge is 2.40. The van der Waals surface area contributed by atoms with E-state index >= 15 is 0 Å². The smallest absolute Gasteiger partial charge is 0.235 e. The zero-order chi connectivity index (χ0) is 13.5. The summed E-state index contributed by atoms with van der Waals surface area (Å²) in [7, 11) is 0. The van der Waals surface area contributed by atoms with Gasteiger partial charge >= 0.3 is 0 Å². The molecular weight excluding hydrogens is 236 g/mol. The van der Waals surface area contributed by atoms with Crippen molar-refractivity contribution in [3.05, 3.63) is 0 Å². The van der Waals surface area contributed by atoms with Gasteiger partial charge in [0.05, 0.1) is 17.0 Å². The van der Waals surface area contributed by atoms with Crippen molar-refractivity contribution in [2.24, 2.45) is 11.1 Å². The lowest BCUT2D eigenvalue weighted by Crippen LogP contribution is -2.51. The summed E-state index contributed by atoms with van der Waals surface area (Å²) < 4.78 is 0. The van der Waals surface area contributed by atoms with Gasteiger partial charge < -0.3 is 15.7 Å². The molecule has 0 unspecified atom stereocenters. The zero-order valence-electron chi connectivity index (χ0n) is 11.0. The predicted octanol–water partition coefficient (Wildman–Crippen LogP) is 1.31. The molecule has 100 valence electrons. The van der Waals surface area contributed by atoms with Gasteiger partial charge in [-0.05, 0) is 19.3 Å². The molecule has 0 radical (unpaired) electrons. The molecule has 0 heterocycles. The fourth-order valence-corrected chi connectivity index (χ4v) is 2.39. The third-order valence-corrected chi connectivity index (χ3v) is 3.63. The van der Waals surface area contributed by atoms with Crippen LogP contribution in [0.4, 0.5) is 0 Å². The monoisotopic (exact) mass is 260 g/mol. The fourth-order valence-electron chi connectivity index (χ4n) is 2.01. The van der Waals surface area contributed by atoms with Crippen LogP contribution in [-0.2, 0) is 4.79 Å². The molecule has 0 fully saturated rings. The van der Waals surface area contributed by atoms with E-state index in [-0.39, 0.29) is 17.5 Å². The average Bonchev–Trinajstić information content (AvgIpc) is 2.30. The molecule has 0 saturated carbocycles. The van der Waals surface area contributed by atoms with Crippen LogP contribution in [0.5, 0.6) is 0 Å². The molecule has 3 N–H and O–H groups in total. The Morgan fingerprint density at radius 3 is 2.12 bits per heavy atom. The van der Waals surface area contributed by atoms with E-state index in [1.807, 2.05) is 20.8 Å². The standard InChI is InChI=1S/C12H24N2O2S/c1-4-7-14(8-9-15)11(16)12(5-2,6-3)10(13)17/h15H,4-9H2,1-3H3,(H2,13,17). The Morgan fingerprint density at radius 2 is 1.82 bits per heavy atom. The maximum Gasteiger partial charge on any atom is 0.235 e. The van der Waals surface area contributed by atoms with E-state index in [0.29, 0.717) is 25.9 Å². The van der Waals surface area contributed by atoms with Crippen LogP contribution in [0.1, 0.15) is 40.0 Å². The number of carbonyl (C=O) groups excluding carboxylic acids is 1. The van der Waals surface area contributed by atoms with Gasteiger partial charge in [0.15, 0.2) is 0 Å². The largest absolute Gasteiger partial charge is 0.395 e. The summed E-state index contributed by atoms with van der Waals surface area (Å²) in [5.74, 6) is -0.0501. The zero-order valence-corrected chi connectivity index (χ0v) is 11.8. The van der Waals surface area contributed by atoms with Gasteiger partial charge in [-0.2, -0.15) is 0 Å². The molecule has 0 aliphatic rings. The third kappa shape index (κ3) is 3.64. The maximum atomic E-state index is 12.5. The van der Waals surface area contributed by atoms with Gasteiger partial charge in [-0.3, -0.25) is 4.79 Å². The van der Waals surface area contributed by atoms with Crippen LogP contribution in [0.3, 0.4) is 0 Å². The second-order valence-electron chi connectivity index (χ2n) is 4.17. The summed E-state index contributed by atoms with van der Waals surface area (Å²) >= 11 is 5.06. The Hall–Kier alpha value is -0.680. The van der Waals surface area contributed by atoms with Crippen LogP contribution in [0.15, 0.2) is 0 Å². The topological polar surface area (TPSA) is 66.6 Å². The van der Waals surface area contributed by atoms with E-state index in [2.05, 4.69) is 0 Å². The van der Waals surface area contributed by atoms with E-state index in [0.717, 1.165) is 6.42 Å². The molecule has 0 aliphatic carbocycles. The molecule has 4 nitrogen and oxygen atoms in total. The van der Waals surface area contributed by atoms with Crippen LogP contribution in [-0.4, -0.2) is 40.6 Å². The molecule has 0 saturated heterocycles. The van der Waals surface area contributed by atoms with E-state index < -0.39 is 5.41 Å². The Kier molecular flexibility index (Phi) is 7.30. The van der Waals surface area contributed by atoms with Crippen molar-refractivity contribution >= 4 is 23.1 Å². The lowest BCUT2D eigenvalue weighted by atomic mass is 9.80. The fraction of sp³-hybridized carbons (Fsp3) is 0.833. The van der Waals surface area contributed by atoms with Crippen LogP contribution in [0, 0.1) is 5.41 Å². The number of aliphatic hydroxyl groups is 1. The Balaban J connectivity index is 5.09. The van der Waals surface area contributed by atoms with Crippen LogP contribution >= 0.6 is 12.2 Å². The average molecular weight is 260 g/mol. The molecule has 0 aromatic heterocycles. The van der Waals surface area contributed by atoms with E-state index in [4.69, 9.17) is 23.1 Å². The van der Waals surface area contributed by atoms with E-state index in [9.17, 15) is 4.79 Å². The Labute approximate surface area is 109 Å². The number of hydrogen-bond donors (Lipinski definition) is 2. The highest BCUT2D eigenvalue weighted by Crippen LogP contribution is 2.29. The molecule has 0 spiro atoms. The molecule has 1 amide bonds. The number of nitrogens with two attached hydrogens (primary N) is 1. The van der Waals surface area contributed by atoms with Gasteiger partial charge in [-0.15, -0.1) is 0 Å². The summed E-state index contributed by atoms with van der Waals surface area (Å²) in [6.45, 7) is 6.78. The van der Waals surface area contributed by atoms with Crippen LogP contribution in [0.25, 0.3) is 0 Å². The normalized spacial score (nSPS) is 11.3. The lowest BCUT2D eigenvalue weighted by molar-refractivity contribution is -0.139. The van der Waals surface area contributed by atoms with Crippen LogP contribution < -0.4 is 5.73 Å². The second-order valence-corrected chi connectivity index (χ2v) is 4.61. The number of rotatable bonds is 8. The minimum Gasteiger partial charge on any atom is -0.395 e. The van der Waals surface area contributed by atoms with Gasteiger partial charge in [0.25, 0.3) is 0 Å². The summed E-state index contributed by atoms with van der Waals surface area (Å²) in [4.78, 5) is 14.4. The summed E-state index contributed by atoms with van der Waals surface area (Å²) in [5, 5.41) is 9.00. The van der Waals surface area contributed by atoms with E-state index in [1.54, 1.807) is 4.90 Å². The molecule has 0 atom stereocenters. The number of hydrogen-bond acceptors (Lipinski definition) is 3. The summed E-state index contributed by atoms with van der Waals surface area (Å²) in [6, 6.07) is 0. The Morgan fingerprint density at radius 1 is 1.29 bits per heavy atom. The van der Waals surface area contributed by atoms with Gasteiger partial charge in [0.1, 0.15) is 0 Å². The summed E-state index contributed by atoms with van der Waals surface area (Å²) in [5.41, 5.74) is 4.99. The van der Waals surface area contributed by atoms with Crippen LogP contribution in [0.2, 0.25) is 0 Å². The number of carbonyl (C=O) groups is 1. The van der Waals surface area contributed by atoms with Crippen molar-refractivity contribution in [2.75, 3.05) is 19.7 Å². The van der Waals surface area contributed by atoms with E-state index in [1.165, 1.54) is 0 Å². The maximum absolute atomic E-state index is 12.5. The molecule has 0 bridgehead atoms. The first kappa shape index (κ1) is 16.3. The van der Waals surface area contributed by atoms with Gasteiger partial charge in [-0.1, -0.05) is 33.0 Å². The van der Waals surface area contributed by atoms with Gasteiger partial charge in [0.2, 0.25) is 5.91 Å². The quantitative estimate of drug-likeness (QED) is 0.646. The summed E-state index contributed by atoms with van der Waals surface area (Å²) in [6.07, 6.45) is 2.05. The van der Waals surface area contributed by atoms with Crippen molar-refractivity contribution in [1.29, 1.82) is 0 Å². The third-order valence-electron chi connectivity index (χ3n) is 3.24. The number of aliphatic hydroxyl groups excluding tert-OH is 1. The van der Waals surface area contributed by atoms with Gasteiger partial charge in [0, 0.05) is 13.1 Å². The molecule has 5 heteroatoms. The molecule has 0 aromatic rings. The molecular formula is C12H24N2O2S. The SMILES string of the molecule is CCCN(CCO)C(=O)C(CC)(CC)C(N)=S. The predicted molar refractivity (Wildman–Crippen MR) is 73.8 cm³/mol. The molecule has 17 heavy (non-hydrogen) atoms. The molecule has 0 aliphatic heterocycles. The molecule has 0 rings (SSSR count). The van der Waals surface area contributed by atoms with Crippen molar-refractivity contribution in [2.45, 2.75) is 40.0 Å². The first-order valence-corrected chi connectivity index (χ1v) is 6.61. The lowest BCUT2D eigenvalue weighted by Gasteiger charge is -2.35. The van der Waals surface area contributed by atoms with Crippen molar-refractivity contribution in [1.82, 2.24) is 4.90 Å². The molecule has 0 aromatic carbocycles. The highest BCUT2D eigenvalue weighted by atomic mass is 32.1. The first-order valence-electron chi connectivity index (χ1n) is 6.20. The van der Waals surface area contributed by atoms with Gasteiger partial charge in [-0.25, -0.2) is 0 Å². The van der Waals surface area contributed by atoms with Crippen molar-refractivity contribution in [3.63, 3.8) is 0 Å². The number of thiocarbonyl (C=S) groups is 1. The van der Waals surface area contributed by atoms with Crippen molar-refractivity contribution in [3.8, 4) is 0 Å². The minimum absolute atomic E-state index is 0.0351. The number of nitrogens with zero attached hydrogens (tertiary/aromatic N) is 1.